The van der Waals surface area contributed by atoms with Crippen molar-refractivity contribution in [2.45, 2.75) is 20.0 Å². The van der Waals surface area contributed by atoms with E-state index in [4.69, 9.17) is 9.26 Å². The molecule has 0 aliphatic carbocycles. The molecule has 2 N–H and O–H groups in total. The number of nitrogens with one attached hydrogen (secondary N) is 1. The van der Waals surface area contributed by atoms with Gasteiger partial charge in [0.25, 0.3) is 5.91 Å². The number of aryl methyl sites for hydroxylation is 2. The van der Waals surface area contributed by atoms with E-state index < -0.39 is 6.10 Å². The number of aliphatic hydroxyl groups excluding tert-OH is 1. The molecule has 0 aliphatic rings. The number of aliphatic hydroxyl groups is 1. The highest BCUT2D eigenvalue weighted by Crippen LogP contribution is 2.29. The highest BCUT2D eigenvalue weighted by atomic mass is 16.5. The van der Waals surface area contributed by atoms with Crippen molar-refractivity contribution in [1.29, 1.82) is 0 Å². The van der Waals surface area contributed by atoms with Crippen molar-refractivity contribution in [2.24, 2.45) is 0 Å². The van der Waals surface area contributed by atoms with Crippen LogP contribution in [0.15, 0.2) is 34.9 Å². The van der Waals surface area contributed by atoms with E-state index in [-0.39, 0.29) is 18.2 Å². The van der Waals surface area contributed by atoms with Crippen molar-refractivity contribution in [1.82, 2.24) is 25.3 Å². The van der Waals surface area contributed by atoms with E-state index in [1.807, 2.05) is 19.1 Å². The molecule has 3 rings (SSSR count). The molecule has 2 heterocycles. The van der Waals surface area contributed by atoms with Crippen LogP contribution in [0.2, 0.25) is 0 Å². The summed E-state index contributed by atoms with van der Waals surface area (Å²) in [5, 5.41) is 16.8. The number of nitrogens with zero attached hydrogens (tertiary/aromatic N) is 4. The van der Waals surface area contributed by atoms with Crippen LogP contribution in [0, 0.1) is 13.8 Å². The molecule has 1 aromatic carbocycles. The molecule has 0 spiro atoms. The van der Waals surface area contributed by atoms with Crippen LogP contribution in [0.25, 0.3) is 22.6 Å². The van der Waals surface area contributed by atoms with Crippen LogP contribution in [-0.2, 0) is 0 Å². The Kier molecular flexibility index (Phi) is 6.98. The molecule has 0 aliphatic heterocycles. The molecule has 0 saturated heterocycles. The number of rotatable bonds is 8. The zero-order valence-corrected chi connectivity index (χ0v) is 18.3. The standard InChI is InChI=1S/C22H27N5O4/c1-13-20(14(2)31-26-13)18-10-19(22(29)27(4)5)25-21(24-18)15-7-6-8-17(9-15)30-12-16(28)11-23-3/h6-10,16,23,28H,11-12H2,1-5H3. The van der Waals surface area contributed by atoms with Gasteiger partial charge in [-0.1, -0.05) is 17.3 Å². The lowest BCUT2D eigenvalue weighted by Gasteiger charge is -2.14. The monoisotopic (exact) mass is 425 g/mol. The number of ether oxygens (including phenoxy) is 1. The van der Waals surface area contributed by atoms with E-state index in [2.05, 4.69) is 20.4 Å². The second-order valence-electron chi connectivity index (χ2n) is 7.41. The third kappa shape index (κ3) is 5.25. The zero-order chi connectivity index (χ0) is 22.5. The number of amides is 1. The summed E-state index contributed by atoms with van der Waals surface area (Å²) in [4.78, 5) is 23.3. The minimum absolute atomic E-state index is 0.147. The Bertz CT molecular complexity index is 1040. The number of likely N-dealkylation sites (N-methyl/N-ethyl adjacent to an activating group) is 1. The van der Waals surface area contributed by atoms with Crippen molar-refractivity contribution in [2.75, 3.05) is 34.3 Å². The highest BCUT2D eigenvalue weighted by Gasteiger charge is 2.20. The van der Waals surface area contributed by atoms with Crippen molar-refractivity contribution >= 4 is 5.91 Å². The Balaban J connectivity index is 2.02. The third-order valence-corrected chi connectivity index (χ3v) is 4.62. The summed E-state index contributed by atoms with van der Waals surface area (Å²) in [6, 6.07) is 8.87. The first-order chi connectivity index (χ1) is 14.8. The van der Waals surface area contributed by atoms with Gasteiger partial charge < -0.3 is 24.6 Å². The summed E-state index contributed by atoms with van der Waals surface area (Å²) in [6.45, 7) is 4.20. The molecule has 1 unspecified atom stereocenters. The highest BCUT2D eigenvalue weighted by molar-refractivity contribution is 5.93. The Hall–Kier alpha value is -3.30. The first-order valence-corrected chi connectivity index (χ1v) is 9.90. The van der Waals surface area contributed by atoms with E-state index in [1.165, 1.54) is 4.90 Å². The van der Waals surface area contributed by atoms with Crippen molar-refractivity contribution in [3.05, 3.63) is 47.5 Å². The normalized spacial score (nSPS) is 11.9. The predicted octanol–water partition coefficient (Wildman–Crippen LogP) is 2.08. The molecule has 9 heteroatoms. The van der Waals surface area contributed by atoms with Gasteiger partial charge >= 0.3 is 0 Å². The Morgan fingerprint density at radius 2 is 2.03 bits per heavy atom. The van der Waals surface area contributed by atoms with E-state index in [9.17, 15) is 9.90 Å². The first-order valence-electron chi connectivity index (χ1n) is 9.90. The largest absolute Gasteiger partial charge is 0.491 e. The van der Waals surface area contributed by atoms with Gasteiger partial charge in [0, 0.05) is 26.2 Å². The van der Waals surface area contributed by atoms with Crippen molar-refractivity contribution in [3.8, 4) is 28.4 Å². The van der Waals surface area contributed by atoms with Gasteiger partial charge in [-0.15, -0.1) is 0 Å². The molecule has 1 atom stereocenters. The Morgan fingerprint density at radius 1 is 1.26 bits per heavy atom. The number of benzene rings is 1. The molecule has 0 radical (unpaired) electrons. The first kappa shape index (κ1) is 22.4. The van der Waals surface area contributed by atoms with Gasteiger partial charge in [-0.25, -0.2) is 9.97 Å². The van der Waals surface area contributed by atoms with Gasteiger partial charge in [-0.2, -0.15) is 0 Å². The summed E-state index contributed by atoms with van der Waals surface area (Å²) >= 11 is 0. The molecule has 164 valence electrons. The van der Waals surface area contributed by atoms with Crippen LogP contribution in [-0.4, -0.2) is 71.4 Å². The maximum atomic E-state index is 12.7. The Labute approximate surface area is 181 Å². The van der Waals surface area contributed by atoms with E-state index in [1.54, 1.807) is 46.3 Å². The van der Waals surface area contributed by atoms with Crippen LogP contribution < -0.4 is 10.1 Å². The predicted molar refractivity (Wildman–Crippen MR) is 116 cm³/mol. The summed E-state index contributed by atoms with van der Waals surface area (Å²) in [5.41, 5.74) is 2.92. The van der Waals surface area contributed by atoms with Crippen LogP contribution in [0.5, 0.6) is 5.75 Å². The smallest absolute Gasteiger partial charge is 0.272 e. The average molecular weight is 425 g/mol. The second-order valence-corrected chi connectivity index (χ2v) is 7.41. The second kappa shape index (κ2) is 9.67. The fraction of sp³-hybridized carbons (Fsp3) is 0.364. The molecular weight excluding hydrogens is 398 g/mol. The quantitative estimate of drug-likeness (QED) is 0.564. The van der Waals surface area contributed by atoms with Crippen LogP contribution in [0.1, 0.15) is 21.9 Å². The zero-order valence-electron chi connectivity index (χ0n) is 18.3. The molecule has 0 fully saturated rings. The van der Waals surface area contributed by atoms with Gasteiger partial charge in [0.05, 0.1) is 17.0 Å². The molecular formula is C22H27N5O4. The third-order valence-electron chi connectivity index (χ3n) is 4.62. The number of carbonyl (C=O) groups excluding carboxylic acids is 1. The van der Waals surface area contributed by atoms with Gasteiger partial charge in [0.1, 0.15) is 29.9 Å². The van der Waals surface area contributed by atoms with E-state index in [0.717, 1.165) is 5.56 Å². The fourth-order valence-electron chi connectivity index (χ4n) is 3.10. The lowest BCUT2D eigenvalue weighted by atomic mass is 10.1. The van der Waals surface area contributed by atoms with Crippen LogP contribution >= 0.6 is 0 Å². The molecule has 0 bridgehead atoms. The Morgan fingerprint density at radius 3 is 2.68 bits per heavy atom. The number of hydrogen-bond donors (Lipinski definition) is 2. The molecule has 2 aromatic heterocycles. The maximum Gasteiger partial charge on any atom is 0.272 e. The van der Waals surface area contributed by atoms with Gasteiger partial charge in [0.2, 0.25) is 0 Å². The fourth-order valence-corrected chi connectivity index (χ4v) is 3.10. The lowest BCUT2D eigenvalue weighted by molar-refractivity contribution is 0.0822. The lowest BCUT2D eigenvalue weighted by Crippen LogP contribution is -2.29. The van der Waals surface area contributed by atoms with Crippen molar-refractivity contribution in [3.63, 3.8) is 0 Å². The van der Waals surface area contributed by atoms with E-state index >= 15 is 0 Å². The van der Waals surface area contributed by atoms with Crippen LogP contribution in [0.4, 0.5) is 0 Å². The van der Waals surface area contributed by atoms with Gasteiger partial charge in [-0.05, 0) is 39.1 Å². The molecule has 9 nitrogen and oxygen atoms in total. The number of hydrogen-bond acceptors (Lipinski definition) is 8. The molecule has 31 heavy (non-hydrogen) atoms. The SMILES string of the molecule is CNCC(O)COc1cccc(-c2nc(C(=O)N(C)C)cc(-c3c(C)noc3C)n2)c1. The minimum Gasteiger partial charge on any atom is -0.491 e. The summed E-state index contributed by atoms with van der Waals surface area (Å²) in [6.07, 6.45) is -0.628. The van der Waals surface area contributed by atoms with E-state index in [0.29, 0.717) is 40.8 Å². The van der Waals surface area contributed by atoms with Gasteiger partial charge in [-0.3, -0.25) is 4.79 Å². The van der Waals surface area contributed by atoms with Crippen LogP contribution in [0.3, 0.4) is 0 Å². The summed E-state index contributed by atoms with van der Waals surface area (Å²) in [7, 11) is 5.11. The number of carbonyl (C=O) groups is 1. The minimum atomic E-state index is -0.628. The topological polar surface area (TPSA) is 114 Å². The molecule has 0 saturated carbocycles. The number of aromatic nitrogens is 3. The van der Waals surface area contributed by atoms with Crippen molar-refractivity contribution < 1.29 is 19.2 Å². The van der Waals surface area contributed by atoms with Gasteiger partial charge in [0.15, 0.2) is 5.82 Å². The average Bonchev–Trinajstić information content (AvgIpc) is 3.09. The maximum absolute atomic E-state index is 12.7. The summed E-state index contributed by atoms with van der Waals surface area (Å²) in [5.74, 6) is 1.32. The molecule has 3 aromatic rings. The summed E-state index contributed by atoms with van der Waals surface area (Å²) < 4.78 is 11.0. The molecule has 1 amide bonds.